The minimum atomic E-state index is -0.670. The van der Waals surface area contributed by atoms with Gasteiger partial charge in [-0.25, -0.2) is 0 Å². The van der Waals surface area contributed by atoms with E-state index in [9.17, 15) is 0 Å². The third-order valence-electron chi connectivity index (χ3n) is 3.74. The van der Waals surface area contributed by atoms with Crippen LogP contribution in [0.15, 0.2) is 0 Å². The molecular weight excluding hydrogens is 264 g/mol. The maximum absolute atomic E-state index is 6.01. The molecule has 3 fully saturated rings. The molecule has 0 saturated carbocycles. The molecule has 116 valence electrons. The molecule has 20 heavy (non-hydrogen) atoms. The molecule has 0 bridgehead atoms. The molecule has 0 aromatic rings. The summed E-state index contributed by atoms with van der Waals surface area (Å²) in [4.78, 5) is 0. The zero-order valence-corrected chi connectivity index (χ0v) is 12.8. The van der Waals surface area contributed by atoms with Crippen LogP contribution in [0.2, 0.25) is 0 Å². The van der Waals surface area contributed by atoms with E-state index in [1.54, 1.807) is 0 Å². The van der Waals surface area contributed by atoms with Crippen molar-refractivity contribution in [2.75, 3.05) is 13.2 Å². The topological polar surface area (TPSA) is 55.4 Å². The summed E-state index contributed by atoms with van der Waals surface area (Å²) in [6, 6.07) is 0. The van der Waals surface area contributed by atoms with E-state index < -0.39 is 17.9 Å². The largest absolute Gasteiger partial charge is 0.379 e. The van der Waals surface area contributed by atoms with Crippen molar-refractivity contribution in [3.8, 4) is 0 Å². The second-order valence-electron chi connectivity index (χ2n) is 6.37. The first-order chi connectivity index (χ1) is 9.31. The molecule has 0 aliphatic carbocycles. The Hall–Kier alpha value is -0.240. The van der Waals surface area contributed by atoms with Gasteiger partial charge in [-0.15, -0.1) is 0 Å². The predicted octanol–water partition coefficient (Wildman–Crippen LogP) is 1.42. The highest BCUT2D eigenvalue weighted by atomic mass is 16.9. The molecule has 3 aliphatic rings. The van der Waals surface area contributed by atoms with Gasteiger partial charge in [0.05, 0.1) is 6.61 Å². The first kappa shape index (κ1) is 14.7. The number of fused-ring (bicyclic) bond motifs is 3. The van der Waals surface area contributed by atoms with Crippen LogP contribution in [0.1, 0.15) is 34.6 Å². The maximum atomic E-state index is 6.01. The Morgan fingerprint density at radius 1 is 0.850 bits per heavy atom. The van der Waals surface area contributed by atoms with Crippen LogP contribution < -0.4 is 0 Å². The molecule has 5 atom stereocenters. The zero-order valence-electron chi connectivity index (χ0n) is 12.8. The van der Waals surface area contributed by atoms with Crippen LogP contribution in [0.25, 0.3) is 0 Å². The Bertz CT molecular complexity index is 369. The van der Waals surface area contributed by atoms with E-state index in [2.05, 4.69) is 0 Å². The lowest BCUT2D eigenvalue weighted by Crippen LogP contribution is -2.56. The molecule has 0 spiro atoms. The second-order valence-corrected chi connectivity index (χ2v) is 6.37. The lowest BCUT2D eigenvalue weighted by Gasteiger charge is -2.37. The Kier molecular flexibility index (Phi) is 3.60. The highest BCUT2D eigenvalue weighted by molar-refractivity contribution is 4.99. The van der Waals surface area contributed by atoms with E-state index in [-0.39, 0.29) is 24.4 Å². The fraction of sp³-hybridized carbons (Fsp3) is 1.00. The average Bonchev–Trinajstić information content (AvgIpc) is 2.80. The van der Waals surface area contributed by atoms with Crippen LogP contribution in [0.5, 0.6) is 0 Å². The van der Waals surface area contributed by atoms with Crippen LogP contribution in [-0.4, -0.2) is 55.5 Å². The Labute approximate surface area is 119 Å². The monoisotopic (exact) mass is 288 g/mol. The van der Waals surface area contributed by atoms with E-state index in [1.165, 1.54) is 0 Å². The Morgan fingerprint density at radius 3 is 2.15 bits per heavy atom. The SMILES string of the molecule is CCOC[C@H]1O[C@H]2OC(C)(C)O[C@@H]2[C@H]2OC(C)(C)O[C@@H]21. The van der Waals surface area contributed by atoms with Gasteiger partial charge >= 0.3 is 0 Å². The summed E-state index contributed by atoms with van der Waals surface area (Å²) in [6.45, 7) is 10.6. The standard InChI is InChI=1S/C14H24O6/c1-6-15-7-8-9-10(18-13(2,3)17-9)11-12(16-8)20-14(4,5)19-11/h8-12H,6-7H2,1-5H3/t8-,9-,10+,11-,12+/m1/s1. The second kappa shape index (κ2) is 4.90. The summed E-state index contributed by atoms with van der Waals surface area (Å²) in [5.74, 6) is -1.31. The molecule has 3 aliphatic heterocycles. The van der Waals surface area contributed by atoms with Gasteiger partial charge in [-0.05, 0) is 34.6 Å². The Morgan fingerprint density at radius 2 is 1.45 bits per heavy atom. The summed E-state index contributed by atoms with van der Waals surface area (Å²) in [7, 11) is 0. The lowest BCUT2D eigenvalue weighted by atomic mass is 9.99. The van der Waals surface area contributed by atoms with Gasteiger partial charge in [0.1, 0.15) is 24.4 Å². The average molecular weight is 288 g/mol. The van der Waals surface area contributed by atoms with Crippen LogP contribution >= 0.6 is 0 Å². The minimum absolute atomic E-state index is 0.198. The van der Waals surface area contributed by atoms with Gasteiger partial charge < -0.3 is 28.4 Å². The van der Waals surface area contributed by atoms with Crippen molar-refractivity contribution < 1.29 is 28.4 Å². The van der Waals surface area contributed by atoms with Crippen molar-refractivity contribution in [1.29, 1.82) is 0 Å². The summed E-state index contributed by atoms with van der Waals surface area (Å²) < 4.78 is 35.2. The van der Waals surface area contributed by atoms with Crippen LogP contribution in [0.4, 0.5) is 0 Å². The molecule has 0 unspecified atom stereocenters. The normalized spacial score (nSPS) is 45.1. The van der Waals surface area contributed by atoms with Crippen molar-refractivity contribution in [1.82, 2.24) is 0 Å². The molecule has 6 nitrogen and oxygen atoms in total. The number of hydrogen-bond acceptors (Lipinski definition) is 6. The molecule has 0 aromatic heterocycles. The van der Waals surface area contributed by atoms with Gasteiger partial charge in [0, 0.05) is 6.61 Å². The predicted molar refractivity (Wildman–Crippen MR) is 69.0 cm³/mol. The summed E-state index contributed by atoms with van der Waals surface area (Å²) in [6.07, 6.45) is -1.31. The van der Waals surface area contributed by atoms with Crippen LogP contribution in [0, 0.1) is 0 Å². The van der Waals surface area contributed by atoms with Crippen molar-refractivity contribution in [2.45, 2.75) is 76.9 Å². The van der Waals surface area contributed by atoms with E-state index in [0.29, 0.717) is 13.2 Å². The Balaban J connectivity index is 1.80. The van der Waals surface area contributed by atoms with Crippen molar-refractivity contribution in [2.24, 2.45) is 0 Å². The molecular formula is C14H24O6. The van der Waals surface area contributed by atoms with Crippen molar-refractivity contribution in [3.63, 3.8) is 0 Å². The quantitative estimate of drug-likeness (QED) is 0.783. The first-order valence-electron chi connectivity index (χ1n) is 7.26. The van der Waals surface area contributed by atoms with Gasteiger partial charge in [0.2, 0.25) is 0 Å². The molecule has 3 saturated heterocycles. The van der Waals surface area contributed by atoms with Gasteiger partial charge in [-0.1, -0.05) is 0 Å². The fourth-order valence-corrected chi connectivity index (χ4v) is 3.06. The van der Waals surface area contributed by atoms with Crippen LogP contribution in [-0.2, 0) is 28.4 Å². The molecule has 0 aromatic carbocycles. The third-order valence-corrected chi connectivity index (χ3v) is 3.74. The minimum Gasteiger partial charge on any atom is -0.379 e. The van der Waals surface area contributed by atoms with Gasteiger partial charge in [0.15, 0.2) is 17.9 Å². The highest BCUT2D eigenvalue weighted by Crippen LogP contribution is 2.44. The molecule has 0 N–H and O–H groups in total. The molecule has 3 heterocycles. The van der Waals surface area contributed by atoms with Crippen molar-refractivity contribution in [3.05, 3.63) is 0 Å². The van der Waals surface area contributed by atoms with Gasteiger partial charge in [-0.2, -0.15) is 0 Å². The third kappa shape index (κ3) is 2.61. The van der Waals surface area contributed by atoms with E-state index >= 15 is 0 Å². The smallest absolute Gasteiger partial charge is 0.190 e. The fourth-order valence-electron chi connectivity index (χ4n) is 3.06. The van der Waals surface area contributed by atoms with E-state index in [1.807, 2.05) is 34.6 Å². The number of hydrogen-bond donors (Lipinski definition) is 0. The van der Waals surface area contributed by atoms with E-state index in [4.69, 9.17) is 28.4 Å². The molecule has 3 rings (SSSR count). The summed E-state index contributed by atoms with van der Waals surface area (Å²) in [5.41, 5.74) is 0. The van der Waals surface area contributed by atoms with Crippen LogP contribution in [0.3, 0.4) is 0 Å². The lowest BCUT2D eigenvalue weighted by molar-refractivity contribution is -0.242. The zero-order chi connectivity index (χ0) is 14.5. The number of ether oxygens (including phenoxy) is 6. The molecule has 6 heteroatoms. The van der Waals surface area contributed by atoms with Gasteiger partial charge in [-0.3, -0.25) is 0 Å². The summed E-state index contributed by atoms with van der Waals surface area (Å²) in [5, 5.41) is 0. The van der Waals surface area contributed by atoms with Gasteiger partial charge in [0.25, 0.3) is 0 Å². The first-order valence-corrected chi connectivity index (χ1v) is 7.26. The number of rotatable bonds is 3. The molecule has 0 amide bonds. The summed E-state index contributed by atoms with van der Waals surface area (Å²) >= 11 is 0. The van der Waals surface area contributed by atoms with E-state index in [0.717, 1.165) is 0 Å². The van der Waals surface area contributed by atoms with Crippen molar-refractivity contribution >= 4 is 0 Å². The molecule has 0 radical (unpaired) electrons. The maximum Gasteiger partial charge on any atom is 0.190 e. The highest BCUT2D eigenvalue weighted by Gasteiger charge is 2.60.